The molecule has 3 aromatic carbocycles. The number of halogens is 8. The summed E-state index contributed by atoms with van der Waals surface area (Å²) in [4.78, 5) is 9.03. The summed E-state index contributed by atoms with van der Waals surface area (Å²) in [5.41, 5.74) is 1.89. The van der Waals surface area contributed by atoms with E-state index in [2.05, 4.69) is 10.8 Å². The normalized spacial score (nSPS) is 13.5. The van der Waals surface area contributed by atoms with Crippen LogP contribution in [0.5, 0.6) is 5.75 Å². The molecule has 0 aliphatic rings. The van der Waals surface area contributed by atoms with E-state index < -0.39 is 44.3 Å². The van der Waals surface area contributed by atoms with Gasteiger partial charge in [0.25, 0.3) is 5.97 Å². The van der Waals surface area contributed by atoms with Crippen LogP contribution in [0.25, 0.3) is 11.1 Å². The molecule has 0 saturated carbocycles. The summed E-state index contributed by atoms with van der Waals surface area (Å²) in [5.74, 6) is -8.08. The minimum Gasteiger partial charge on any atom is -0.467 e. The Labute approximate surface area is 217 Å². The average molecular weight is 634 g/mol. The third-order valence-electron chi connectivity index (χ3n) is 4.63. The molecule has 0 unspecified atom stereocenters. The molecule has 34 heavy (non-hydrogen) atoms. The molecule has 0 aliphatic heterocycles. The Morgan fingerprint density at radius 3 is 1.85 bits per heavy atom. The van der Waals surface area contributed by atoms with Gasteiger partial charge in [0.1, 0.15) is 11.6 Å². The number of esters is 1. The Morgan fingerprint density at radius 2 is 1.38 bits per heavy atom. The van der Waals surface area contributed by atoms with Crippen molar-refractivity contribution >= 4 is 16.2 Å². The van der Waals surface area contributed by atoms with E-state index in [4.69, 9.17) is 0 Å². The molecule has 1 radical (unpaired) electrons. The van der Waals surface area contributed by atoms with Gasteiger partial charge in [0.15, 0.2) is 16.5 Å². The van der Waals surface area contributed by atoms with Crippen molar-refractivity contribution < 1.29 is 77.7 Å². The van der Waals surface area contributed by atoms with Crippen LogP contribution in [-0.2, 0) is 0 Å². The first kappa shape index (κ1) is 28.4. The van der Waals surface area contributed by atoms with Crippen LogP contribution in [0.2, 0.25) is 0 Å². The standard InChI is InChI=1S/C22H15F8O2S.La/c1-11-6-13(3)20(17(23)7-11)14-4-5-16(12(2)8-14)22(31)32-15-9-18(24)21(19(25)10-15)33(26,27,28,29)30;/h4,6-10H,1-3H3;/q-1;. The number of hydrogen-bond acceptors (Lipinski definition) is 2. The Kier molecular flexibility index (Phi) is 7.21. The first-order chi connectivity index (χ1) is 14.9. The van der Waals surface area contributed by atoms with Crippen LogP contribution in [0.4, 0.5) is 32.6 Å². The SMILES string of the molecule is Cc1cc(C)c(-c2c[c-]c(C(=O)Oc3cc(F)c(S(F)(F)(F)(F)F)c(F)c3)c(C)c2)c(F)c1.[La]. The largest absolute Gasteiger partial charge is 0.467 e. The molecule has 12 heteroatoms. The van der Waals surface area contributed by atoms with Gasteiger partial charge in [-0.15, -0.1) is 23.8 Å². The van der Waals surface area contributed by atoms with Crippen LogP contribution < -0.4 is 4.74 Å². The number of carbonyl (C=O) groups is 1. The Bertz CT molecular complexity index is 1260. The van der Waals surface area contributed by atoms with Crippen LogP contribution in [0.15, 0.2) is 41.3 Å². The molecule has 0 bridgehead atoms. The predicted octanol–water partition coefficient (Wildman–Crippen LogP) is 8.37. The van der Waals surface area contributed by atoms with Gasteiger partial charge in [-0.25, -0.2) is 13.2 Å². The van der Waals surface area contributed by atoms with E-state index in [1.54, 1.807) is 19.9 Å². The van der Waals surface area contributed by atoms with Crippen LogP contribution in [0.3, 0.4) is 0 Å². The molecule has 3 aromatic rings. The van der Waals surface area contributed by atoms with Gasteiger partial charge in [-0.1, -0.05) is 43.5 Å². The van der Waals surface area contributed by atoms with E-state index in [-0.39, 0.29) is 64.4 Å². The van der Waals surface area contributed by atoms with E-state index in [0.29, 0.717) is 16.7 Å². The van der Waals surface area contributed by atoms with E-state index >= 15 is 0 Å². The van der Waals surface area contributed by atoms with Gasteiger partial charge in [0.05, 0.1) is 0 Å². The molecule has 0 amide bonds. The topological polar surface area (TPSA) is 26.3 Å². The fraction of sp³-hybridized carbons (Fsp3) is 0.136. The number of aryl methyl sites for hydroxylation is 3. The van der Waals surface area contributed by atoms with Crippen molar-refractivity contribution in [1.29, 1.82) is 0 Å². The quantitative estimate of drug-likeness (QED) is 0.125. The number of benzene rings is 3. The second-order valence-electron chi connectivity index (χ2n) is 7.46. The van der Waals surface area contributed by atoms with Crippen LogP contribution in [0.1, 0.15) is 27.0 Å². The van der Waals surface area contributed by atoms with E-state index in [1.807, 2.05) is 0 Å². The van der Waals surface area contributed by atoms with Crippen molar-refractivity contribution in [3.63, 3.8) is 0 Å². The molecule has 0 fully saturated rings. The molecule has 0 spiro atoms. The van der Waals surface area contributed by atoms with Crippen molar-refractivity contribution in [3.8, 4) is 16.9 Å². The minimum atomic E-state index is -10.7. The minimum absolute atomic E-state index is 0. The summed E-state index contributed by atoms with van der Waals surface area (Å²) in [6, 6.07) is 7.97. The maximum atomic E-state index is 14.4. The number of ether oxygens (including phenoxy) is 1. The van der Waals surface area contributed by atoms with Gasteiger partial charge >= 0.3 is 10.2 Å². The Balaban J connectivity index is 0.00000408. The molecular formula is C22H15F8LaO2S-. The summed E-state index contributed by atoms with van der Waals surface area (Å²) in [6.07, 6.45) is 0. The van der Waals surface area contributed by atoms with E-state index in [9.17, 15) is 37.4 Å². The molecule has 0 atom stereocenters. The summed E-state index contributed by atoms with van der Waals surface area (Å²) >= 11 is 0. The third-order valence-corrected chi connectivity index (χ3v) is 5.79. The second-order valence-corrected chi connectivity index (χ2v) is 9.81. The summed E-state index contributed by atoms with van der Waals surface area (Å²) < 4.78 is 111. The first-order valence-corrected chi connectivity index (χ1v) is 11.1. The van der Waals surface area contributed by atoms with Gasteiger partial charge < -0.3 is 9.53 Å². The summed E-state index contributed by atoms with van der Waals surface area (Å²) in [7, 11) is -10.7. The maximum absolute atomic E-state index is 14.4. The molecular weight excluding hydrogens is 619 g/mol. The third kappa shape index (κ3) is 6.02. The Morgan fingerprint density at radius 1 is 0.824 bits per heavy atom. The van der Waals surface area contributed by atoms with Crippen molar-refractivity contribution in [2.75, 3.05) is 0 Å². The zero-order valence-corrected chi connectivity index (χ0v) is 22.2. The molecule has 0 saturated heterocycles. The molecule has 3 rings (SSSR count). The zero-order chi connectivity index (χ0) is 25.0. The number of rotatable bonds is 4. The van der Waals surface area contributed by atoms with Crippen molar-refractivity contribution in [2.24, 2.45) is 0 Å². The summed E-state index contributed by atoms with van der Waals surface area (Å²) in [6.45, 7) is 4.82. The van der Waals surface area contributed by atoms with Crippen molar-refractivity contribution in [2.45, 2.75) is 25.7 Å². The number of carbonyl (C=O) groups excluding carboxylic acids is 1. The summed E-state index contributed by atoms with van der Waals surface area (Å²) in [5, 5.41) is 0. The van der Waals surface area contributed by atoms with Gasteiger partial charge in [-0.3, -0.25) is 0 Å². The van der Waals surface area contributed by atoms with Crippen LogP contribution in [-0.4, -0.2) is 5.97 Å². The van der Waals surface area contributed by atoms with Gasteiger partial charge in [-0.05, 0) is 36.6 Å². The van der Waals surface area contributed by atoms with Crippen molar-refractivity contribution in [1.82, 2.24) is 0 Å². The first-order valence-electron chi connectivity index (χ1n) is 9.12. The van der Waals surface area contributed by atoms with E-state index in [0.717, 1.165) is 0 Å². The van der Waals surface area contributed by atoms with Crippen molar-refractivity contribution in [3.05, 3.63) is 82.2 Å². The fourth-order valence-electron chi connectivity index (χ4n) is 3.38. The van der Waals surface area contributed by atoms with Crippen LogP contribution >= 0.6 is 10.2 Å². The van der Waals surface area contributed by atoms with E-state index in [1.165, 1.54) is 25.1 Å². The molecule has 0 N–H and O–H groups in total. The van der Waals surface area contributed by atoms with Gasteiger partial charge in [0.2, 0.25) is 0 Å². The molecule has 0 heterocycles. The molecule has 2 nitrogen and oxygen atoms in total. The number of hydrogen-bond donors (Lipinski definition) is 0. The smallest absolute Gasteiger partial charge is 0.315 e. The monoisotopic (exact) mass is 634 g/mol. The van der Waals surface area contributed by atoms with Crippen LogP contribution in [0, 0.1) is 79.9 Å². The van der Waals surface area contributed by atoms with Gasteiger partial charge in [-0.2, -0.15) is 0 Å². The molecule has 0 aliphatic carbocycles. The molecule has 0 aromatic heterocycles. The van der Waals surface area contributed by atoms with Gasteiger partial charge in [0, 0.05) is 47.7 Å². The Hall–Kier alpha value is -1.89. The fourth-order valence-corrected chi connectivity index (χ4v) is 4.23. The second kappa shape index (κ2) is 8.65. The molecule has 181 valence electrons. The predicted molar refractivity (Wildman–Crippen MR) is 108 cm³/mol. The average Bonchev–Trinajstić information content (AvgIpc) is 2.57. The zero-order valence-electron chi connectivity index (χ0n) is 17.8. The maximum Gasteiger partial charge on any atom is 0.315 e.